The Morgan fingerprint density at radius 3 is 2.75 bits per heavy atom. The zero-order valence-corrected chi connectivity index (χ0v) is 9.27. The van der Waals surface area contributed by atoms with E-state index in [0.717, 1.165) is 16.7 Å². The molecule has 1 atom stereocenters. The SMILES string of the molecule is C=CC1COC(=O)/C1=C(\C)c1ccccc1. The van der Waals surface area contributed by atoms with Crippen LogP contribution >= 0.6 is 0 Å². The van der Waals surface area contributed by atoms with Crippen molar-refractivity contribution >= 4 is 11.5 Å². The van der Waals surface area contributed by atoms with Gasteiger partial charge in [-0.25, -0.2) is 4.79 Å². The van der Waals surface area contributed by atoms with Crippen LogP contribution in [0.25, 0.3) is 5.57 Å². The van der Waals surface area contributed by atoms with Crippen LogP contribution in [0.5, 0.6) is 0 Å². The lowest BCUT2D eigenvalue weighted by molar-refractivity contribution is -0.135. The van der Waals surface area contributed by atoms with Crippen LogP contribution in [0.15, 0.2) is 48.6 Å². The fourth-order valence-electron chi connectivity index (χ4n) is 1.94. The number of carbonyl (C=O) groups is 1. The standard InChI is InChI=1S/C14H14O2/c1-3-11-9-16-14(15)13(11)10(2)12-7-5-4-6-8-12/h3-8,11H,1,9H2,2H3/b13-10+. The van der Waals surface area contributed by atoms with Gasteiger partial charge in [-0.1, -0.05) is 36.4 Å². The molecule has 0 aromatic heterocycles. The second kappa shape index (κ2) is 4.35. The molecule has 1 fully saturated rings. The average molecular weight is 214 g/mol. The first kappa shape index (κ1) is 10.7. The molecule has 2 nitrogen and oxygen atoms in total. The topological polar surface area (TPSA) is 26.3 Å². The van der Waals surface area contributed by atoms with Gasteiger partial charge in [-0.3, -0.25) is 0 Å². The second-order valence-corrected chi connectivity index (χ2v) is 3.85. The van der Waals surface area contributed by atoms with Crippen LogP contribution in [0.4, 0.5) is 0 Å². The van der Waals surface area contributed by atoms with Gasteiger partial charge in [0.25, 0.3) is 0 Å². The largest absolute Gasteiger partial charge is 0.461 e. The number of hydrogen-bond donors (Lipinski definition) is 0. The molecule has 0 bridgehead atoms. The van der Waals surface area contributed by atoms with Gasteiger partial charge in [0.1, 0.15) is 6.61 Å². The Morgan fingerprint density at radius 2 is 2.12 bits per heavy atom. The predicted molar refractivity (Wildman–Crippen MR) is 63.7 cm³/mol. The summed E-state index contributed by atoms with van der Waals surface area (Å²) < 4.78 is 5.04. The highest BCUT2D eigenvalue weighted by Crippen LogP contribution is 2.30. The maximum Gasteiger partial charge on any atom is 0.335 e. The van der Waals surface area contributed by atoms with E-state index in [1.165, 1.54) is 0 Å². The number of esters is 1. The highest BCUT2D eigenvalue weighted by molar-refractivity contribution is 5.99. The zero-order chi connectivity index (χ0) is 11.5. The molecule has 1 heterocycles. The fraction of sp³-hybridized carbons (Fsp3) is 0.214. The lowest BCUT2D eigenvalue weighted by Crippen LogP contribution is -2.03. The van der Waals surface area contributed by atoms with Crippen molar-refractivity contribution in [3.8, 4) is 0 Å². The lowest BCUT2D eigenvalue weighted by Gasteiger charge is -2.07. The first-order valence-electron chi connectivity index (χ1n) is 5.30. The Bertz CT molecular complexity index is 443. The molecule has 2 rings (SSSR count). The van der Waals surface area contributed by atoms with Crippen LogP contribution in [0.2, 0.25) is 0 Å². The third kappa shape index (κ3) is 1.78. The quantitative estimate of drug-likeness (QED) is 0.430. The number of carbonyl (C=O) groups excluding carboxylic acids is 1. The lowest BCUT2D eigenvalue weighted by atomic mass is 9.93. The molecule has 0 saturated carbocycles. The Kier molecular flexibility index (Phi) is 2.91. The number of allylic oxidation sites excluding steroid dienone is 1. The number of rotatable bonds is 2. The van der Waals surface area contributed by atoms with E-state index < -0.39 is 0 Å². The summed E-state index contributed by atoms with van der Waals surface area (Å²) in [7, 11) is 0. The molecule has 1 unspecified atom stereocenters. The Labute approximate surface area is 95.2 Å². The maximum atomic E-state index is 11.6. The molecular weight excluding hydrogens is 200 g/mol. The third-order valence-corrected chi connectivity index (χ3v) is 2.88. The number of ether oxygens (including phenoxy) is 1. The van der Waals surface area contributed by atoms with Crippen molar-refractivity contribution in [2.75, 3.05) is 6.61 Å². The van der Waals surface area contributed by atoms with Crippen molar-refractivity contribution in [2.45, 2.75) is 6.92 Å². The molecule has 0 radical (unpaired) electrons. The van der Waals surface area contributed by atoms with Gasteiger partial charge in [0.05, 0.1) is 5.57 Å². The van der Waals surface area contributed by atoms with E-state index in [9.17, 15) is 4.79 Å². The molecule has 0 N–H and O–H groups in total. The summed E-state index contributed by atoms with van der Waals surface area (Å²) in [6.07, 6.45) is 1.77. The highest BCUT2D eigenvalue weighted by Gasteiger charge is 2.30. The molecule has 0 aliphatic carbocycles. The molecule has 1 aliphatic heterocycles. The van der Waals surface area contributed by atoms with Gasteiger partial charge in [-0.15, -0.1) is 6.58 Å². The first-order chi connectivity index (χ1) is 7.74. The highest BCUT2D eigenvalue weighted by atomic mass is 16.5. The summed E-state index contributed by atoms with van der Waals surface area (Å²) in [6.45, 7) is 6.11. The predicted octanol–water partition coefficient (Wildman–Crippen LogP) is 2.82. The van der Waals surface area contributed by atoms with E-state index >= 15 is 0 Å². The van der Waals surface area contributed by atoms with Crippen molar-refractivity contribution in [3.63, 3.8) is 0 Å². The van der Waals surface area contributed by atoms with Crippen molar-refractivity contribution in [1.82, 2.24) is 0 Å². The van der Waals surface area contributed by atoms with E-state index in [0.29, 0.717) is 6.61 Å². The van der Waals surface area contributed by atoms with Crippen LogP contribution in [0, 0.1) is 5.92 Å². The van der Waals surface area contributed by atoms with Crippen molar-refractivity contribution in [2.24, 2.45) is 5.92 Å². The van der Waals surface area contributed by atoms with Crippen molar-refractivity contribution < 1.29 is 9.53 Å². The molecule has 0 spiro atoms. The van der Waals surface area contributed by atoms with E-state index in [-0.39, 0.29) is 11.9 Å². The Morgan fingerprint density at radius 1 is 1.44 bits per heavy atom. The minimum Gasteiger partial charge on any atom is -0.461 e. The van der Waals surface area contributed by atoms with Crippen LogP contribution in [-0.4, -0.2) is 12.6 Å². The van der Waals surface area contributed by atoms with Gasteiger partial charge >= 0.3 is 5.97 Å². The number of benzene rings is 1. The molecule has 2 heteroatoms. The average Bonchev–Trinajstić information content (AvgIpc) is 2.70. The molecular formula is C14H14O2. The van der Waals surface area contributed by atoms with Gasteiger partial charge in [-0.05, 0) is 18.1 Å². The molecule has 16 heavy (non-hydrogen) atoms. The summed E-state index contributed by atoms with van der Waals surface area (Å²) in [4.78, 5) is 11.6. The normalized spacial score (nSPS) is 22.8. The smallest absolute Gasteiger partial charge is 0.335 e. The van der Waals surface area contributed by atoms with E-state index in [1.807, 2.05) is 37.3 Å². The minimum absolute atomic E-state index is 0.0210. The summed E-state index contributed by atoms with van der Waals surface area (Å²) in [6, 6.07) is 9.87. The molecule has 1 saturated heterocycles. The molecule has 82 valence electrons. The van der Waals surface area contributed by atoms with Crippen molar-refractivity contribution in [3.05, 3.63) is 54.1 Å². The molecule has 1 aromatic rings. The van der Waals surface area contributed by atoms with E-state index in [4.69, 9.17) is 4.74 Å². The van der Waals surface area contributed by atoms with E-state index in [2.05, 4.69) is 6.58 Å². The third-order valence-electron chi connectivity index (χ3n) is 2.88. The van der Waals surface area contributed by atoms with Crippen LogP contribution in [0.3, 0.4) is 0 Å². The van der Waals surface area contributed by atoms with Crippen LogP contribution in [0.1, 0.15) is 12.5 Å². The van der Waals surface area contributed by atoms with Gasteiger partial charge in [-0.2, -0.15) is 0 Å². The first-order valence-corrected chi connectivity index (χ1v) is 5.30. The maximum absolute atomic E-state index is 11.6. The van der Waals surface area contributed by atoms with Gasteiger partial charge < -0.3 is 4.74 Å². The molecule has 1 aromatic carbocycles. The van der Waals surface area contributed by atoms with Crippen molar-refractivity contribution in [1.29, 1.82) is 0 Å². The summed E-state index contributed by atoms with van der Waals surface area (Å²) in [5.41, 5.74) is 2.78. The second-order valence-electron chi connectivity index (χ2n) is 3.85. The Balaban J connectivity index is 2.47. The fourth-order valence-corrected chi connectivity index (χ4v) is 1.94. The van der Waals surface area contributed by atoms with Gasteiger partial charge in [0.15, 0.2) is 0 Å². The summed E-state index contributed by atoms with van der Waals surface area (Å²) >= 11 is 0. The summed E-state index contributed by atoms with van der Waals surface area (Å²) in [5.74, 6) is -0.195. The summed E-state index contributed by atoms with van der Waals surface area (Å²) in [5, 5.41) is 0. The van der Waals surface area contributed by atoms with E-state index in [1.54, 1.807) is 6.08 Å². The van der Waals surface area contributed by atoms with Gasteiger partial charge in [0, 0.05) is 5.92 Å². The Hall–Kier alpha value is -1.83. The monoisotopic (exact) mass is 214 g/mol. The zero-order valence-electron chi connectivity index (χ0n) is 9.27. The molecule has 0 amide bonds. The minimum atomic E-state index is -0.216. The number of hydrogen-bond acceptors (Lipinski definition) is 2. The molecule has 1 aliphatic rings. The van der Waals surface area contributed by atoms with Gasteiger partial charge in [0.2, 0.25) is 0 Å². The van der Waals surface area contributed by atoms with Crippen LogP contribution in [-0.2, 0) is 9.53 Å². The number of cyclic esters (lactones) is 1. The van der Waals surface area contributed by atoms with Crippen LogP contribution < -0.4 is 0 Å².